The molecule has 23 heavy (non-hydrogen) atoms. The molecule has 1 N–H and O–H groups in total. The quantitative estimate of drug-likeness (QED) is 0.725. The van der Waals surface area contributed by atoms with Gasteiger partial charge in [-0.2, -0.15) is 0 Å². The van der Waals surface area contributed by atoms with Crippen LogP contribution in [0.15, 0.2) is 36.5 Å². The number of anilines is 1. The van der Waals surface area contributed by atoms with Crippen LogP contribution in [0, 0.1) is 6.92 Å². The van der Waals surface area contributed by atoms with Gasteiger partial charge in [0.2, 0.25) is 0 Å². The van der Waals surface area contributed by atoms with E-state index in [1.807, 2.05) is 37.3 Å². The number of benzene rings is 1. The lowest BCUT2D eigenvalue weighted by atomic mass is 10.2. The van der Waals surface area contributed by atoms with E-state index >= 15 is 0 Å². The van der Waals surface area contributed by atoms with E-state index in [1.54, 1.807) is 6.20 Å². The number of nitrogens with zero attached hydrogens (tertiary/aromatic N) is 2. The Labute approximate surface area is 143 Å². The van der Waals surface area contributed by atoms with Gasteiger partial charge < -0.3 is 0 Å². The van der Waals surface area contributed by atoms with Gasteiger partial charge in [-0.1, -0.05) is 48.6 Å². The molecule has 0 spiro atoms. The zero-order valence-corrected chi connectivity index (χ0v) is 14.6. The highest BCUT2D eigenvalue weighted by Gasteiger charge is 2.16. The third kappa shape index (κ3) is 3.65. The van der Waals surface area contributed by atoms with Gasteiger partial charge in [0, 0.05) is 6.20 Å². The van der Waals surface area contributed by atoms with Gasteiger partial charge in [-0.15, -0.1) is 11.3 Å². The molecule has 1 aromatic carbocycles. The molecule has 2 heterocycles. The van der Waals surface area contributed by atoms with Crippen LogP contribution in [-0.2, 0) is 6.42 Å². The van der Waals surface area contributed by atoms with Crippen molar-refractivity contribution in [2.75, 3.05) is 5.32 Å². The summed E-state index contributed by atoms with van der Waals surface area (Å²) in [5.41, 5.74) is 1.89. The van der Waals surface area contributed by atoms with Crippen molar-refractivity contribution in [1.29, 1.82) is 0 Å². The van der Waals surface area contributed by atoms with E-state index in [4.69, 9.17) is 0 Å². The zero-order chi connectivity index (χ0) is 16.2. The summed E-state index contributed by atoms with van der Waals surface area (Å²) in [5.74, 6) is -0.128. The fourth-order valence-corrected chi connectivity index (χ4v) is 4.08. The van der Waals surface area contributed by atoms with Crippen molar-refractivity contribution in [3.8, 4) is 10.4 Å². The molecule has 118 valence electrons. The van der Waals surface area contributed by atoms with Crippen molar-refractivity contribution in [2.45, 2.75) is 26.7 Å². The first-order valence-corrected chi connectivity index (χ1v) is 9.09. The number of rotatable bonds is 5. The van der Waals surface area contributed by atoms with Crippen molar-refractivity contribution in [3.05, 3.63) is 52.1 Å². The highest BCUT2D eigenvalue weighted by Crippen LogP contribution is 2.29. The molecule has 2 aromatic heterocycles. The number of aromatic nitrogens is 2. The van der Waals surface area contributed by atoms with Crippen LogP contribution in [0.4, 0.5) is 5.13 Å². The fourth-order valence-electron chi connectivity index (χ4n) is 2.21. The van der Waals surface area contributed by atoms with Crippen LogP contribution in [0.5, 0.6) is 0 Å². The molecule has 0 unspecified atom stereocenters. The Morgan fingerprint density at radius 3 is 2.74 bits per heavy atom. The Balaban J connectivity index is 1.75. The maximum atomic E-state index is 12.4. The molecule has 0 fully saturated rings. The molecule has 0 aliphatic carbocycles. The summed E-state index contributed by atoms with van der Waals surface area (Å²) in [7, 11) is 0. The summed E-state index contributed by atoms with van der Waals surface area (Å²) < 4.78 is 0. The van der Waals surface area contributed by atoms with E-state index in [1.165, 1.54) is 22.7 Å². The van der Waals surface area contributed by atoms with Crippen molar-refractivity contribution in [1.82, 2.24) is 9.97 Å². The fraction of sp³-hybridized carbons (Fsp3) is 0.235. The van der Waals surface area contributed by atoms with Gasteiger partial charge in [-0.3, -0.25) is 10.1 Å². The van der Waals surface area contributed by atoms with E-state index in [0.717, 1.165) is 34.0 Å². The Morgan fingerprint density at radius 2 is 2.00 bits per heavy atom. The summed E-state index contributed by atoms with van der Waals surface area (Å²) in [6.07, 6.45) is 3.73. The molecular weight excluding hydrogens is 326 g/mol. The lowest BCUT2D eigenvalue weighted by Gasteiger charge is -1.99. The Hall–Kier alpha value is -2.05. The van der Waals surface area contributed by atoms with Crippen LogP contribution >= 0.6 is 22.7 Å². The van der Waals surface area contributed by atoms with Crippen molar-refractivity contribution < 1.29 is 4.79 Å². The summed E-state index contributed by atoms with van der Waals surface area (Å²) in [6, 6.07) is 10.0. The van der Waals surface area contributed by atoms with Gasteiger partial charge in [-0.25, -0.2) is 9.97 Å². The van der Waals surface area contributed by atoms with E-state index in [9.17, 15) is 4.79 Å². The SMILES string of the molecule is CCCc1nc(C)c(C(=O)Nc2ncc(-c3ccccc3)s2)s1. The topological polar surface area (TPSA) is 54.9 Å². The number of thiazole rings is 2. The van der Waals surface area contributed by atoms with Crippen molar-refractivity contribution >= 4 is 33.7 Å². The molecule has 0 saturated heterocycles. The molecule has 0 radical (unpaired) electrons. The van der Waals surface area contributed by atoms with Crippen LogP contribution in [-0.4, -0.2) is 15.9 Å². The first-order valence-electron chi connectivity index (χ1n) is 7.46. The maximum Gasteiger partial charge on any atom is 0.269 e. The van der Waals surface area contributed by atoms with Crippen molar-refractivity contribution in [3.63, 3.8) is 0 Å². The molecular formula is C17H17N3OS2. The number of carbonyl (C=O) groups excluding carboxylic acids is 1. The van der Waals surface area contributed by atoms with Crippen molar-refractivity contribution in [2.24, 2.45) is 0 Å². The summed E-state index contributed by atoms with van der Waals surface area (Å²) in [4.78, 5) is 22.9. The second kappa shape index (κ2) is 7.02. The minimum absolute atomic E-state index is 0.128. The van der Waals surface area contributed by atoms with E-state index < -0.39 is 0 Å². The highest BCUT2D eigenvalue weighted by atomic mass is 32.1. The Morgan fingerprint density at radius 1 is 1.22 bits per heavy atom. The maximum absolute atomic E-state index is 12.4. The number of hydrogen-bond acceptors (Lipinski definition) is 5. The molecule has 0 aliphatic rings. The van der Waals surface area contributed by atoms with Crippen LogP contribution in [0.3, 0.4) is 0 Å². The van der Waals surface area contributed by atoms with Gasteiger partial charge in [0.05, 0.1) is 15.6 Å². The summed E-state index contributed by atoms with van der Waals surface area (Å²) in [6.45, 7) is 3.99. The molecule has 0 bridgehead atoms. The standard InChI is InChI=1S/C17H17N3OS2/c1-3-7-14-19-11(2)15(23-14)16(21)20-17-18-10-13(22-17)12-8-5-4-6-9-12/h4-6,8-10H,3,7H2,1-2H3,(H,18,20,21). The van der Waals surface area contributed by atoms with Crippen LogP contribution in [0.25, 0.3) is 10.4 Å². The summed E-state index contributed by atoms with van der Waals surface area (Å²) in [5, 5.41) is 4.51. The second-order valence-corrected chi connectivity index (χ2v) is 7.24. The van der Waals surface area contributed by atoms with Gasteiger partial charge in [0.15, 0.2) is 5.13 Å². The molecule has 0 aliphatic heterocycles. The van der Waals surface area contributed by atoms with Gasteiger partial charge in [-0.05, 0) is 25.3 Å². The lowest BCUT2D eigenvalue weighted by Crippen LogP contribution is -2.11. The third-order valence-corrected chi connectivity index (χ3v) is 5.47. The van der Waals surface area contributed by atoms with Gasteiger partial charge in [0.1, 0.15) is 4.88 Å². The van der Waals surface area contributed by atoms with E-state index in [-0.39, 0.29) is 5.91 Å². The average molecular weight is 343 g/mol. The predicted octanol–water partition coefficient (Wildman–Crippen LogP) is 4.78. The molecule has 0 saturated carbocycles. The molecule has 3 rings (SSSR count). The first-order chi connectivity index (χ1) is 11.2. The highest BCUT2D eigenvalue weighted by molar-refractivity contribution is 7.19. The molecule has 0 atom stereocenters. The second-order valence-electron chi connectivity index (χ2n) is 5.12. The molecule has 1 amide bonds. The van der Waals surface area contributed by atoms with E-state index in [0.29, 0.717) is 10.0 Å². The van der Waals surface area contributed by atoms with Gasteiger partial charge in [0.25, 0.3) is 5.91 Å². The largest absolute Gasteiger partial charge is 0.297 e. The number of hydrogen-bond donors (Lipinski definition) is 1. The normalized spacial score (nSPS) is 10.7. The van der Waals surface area contributed by atoms with Gasteiger partial charge >= 0.3 is 0 Å². The van der Waals surface area contributed by atoms with E-state index in [2.05, 4.69) is 22.2 Å². The number of carbonyl (C=O) groups is 1. The minimum atomic E-state index is -0.128. The minimum Gasteiger partial charge on any atom is -0.297 e. The van der Waals surface area contributed by atoms with Crippen LogP contribution in [0.1, 0.15) is 33.7 Å². The number of nitrogens with one attached hydrogen (secondary N) is 1. The first kappa shape index (κ1) is 15.8. The molecule has 6 heteroatoms. The number of aryl methyl sites for hydroxylation is 2. The number of amides is 1. The lowest BCUT2D eigenvalue weighted by molar-refractivity contribution is 0.103. The third-order valence-electron chi connectivity index (χ3n) is 3.30. The molecule has 3 aromatic rings. The summed E-state index contributed by atoms with van der Waals surface area (Å²) >= 11 is 2.94. The smallest absolute Gasteiger partial charge is 0.269 e. The average Bonchev–Trinajstić information content (AvgIpc) is 3.15. The zero-order valence-electron chi connectivity index (χ0n) is 13.0. The monoisotopic (exact) mass is 343 g/mol. The Kier molecular flexibility index (Phi) is 4.83. The van der Waals surface area contributed by atoms with Crippen LogP contribution in [0.2, 0.25) is 0 Å². The predicted molar refractivity (Wildman–Crippen MR) is 96.3 cm³/mol. The Bertz CT molecular complexity index is 808. The van der Waals surface area contributed by atoms with Crippen LogP contribution < -0.4 is 5.32 Å². The molecule has 4 nitrogen and oxygen atoms in total.